The first-order chi connectivity index (χ1) is 11.9. The first-order valence-electron chi connectivity index (χ1n) is 8.11. The van der Waals surface area contributed by atoms with Crippen molar-refractivity contribution in [2.45, 2.75) is 17.7 Å². The summed E-state index contributed by atoms with van der Waals surface area (Å²) >= 11 is 6.07. The van der Waals surface area contributed by atoms with Crippen LogP contribution >= 0.6 is 11.6 Å². The van der Waals surface area contributed by atoms with Gasteiger partial charge in [0.1, 0.15) is 5.75 Å². The molecule has 0 N–H and O–H groups in total. The van der Waals surface area contributed by atoms with Gasteiger partial charge in [0, 0.05) is 25.8 Å². The molecule has 0 spiro atoms. The average molecular weight is 381 g/mol. The van der Waals surface area contributed by atoms with E-state index < -0.39 is 10.0 Å². The van der Waals surface area contributed by atoms with Crippen molar-refractivity contribution in [1.82, 2.24) is 0 Å². The Morgan fingerprint density at radius 3 is 2.28 bits per heavy atom. The number of benzene rings is 2. The van der Waals surface area contributed by atoms with Crippen molar-refractivity contribution in [3.63, 3.8) is 0 Å². The zero-order valence-corrected chi connectivity index (χ0v) is 15.8. The van der Waals surface area contributed by atoms with Crippen molar-refractivity contribution < 1.29 is 13.2 Å². The Kier molecular flexibility index (Phi) is 5.11. The van der Waals surface area contributed by atoms with Crippen molar-refractivity contribution in [2.24, 2.45) is 0 Å². The summed E-state index contributed by atoms with van der Waals surface area (Å²) in [5, 5.41) is 0.265. The molecule has 2 aromatic rings. The van der Waals surface area contributed by atoms with Gasteiger partial charge in [0.25, 0.3) is 10.0 Å². The van der Waals surface area contributed by atoms with Gasteiger partial charge in [-0.15, -0.1) is 0 Å². The smallest absolute Gasteiger partial charge is 0.264 e. The quantitative estimate of drug-likeness (QED) is 0.792. The van der Waals surface area contributed by atoms with E-state index in [4.69, 9.17) is 16.3 Å². The molecule has 0 unspecified atom stereocenters. The molecule has 134 valence electrons. The van der Waals surface area contributed by atoms with E-state index in [9.17, 15) is 8.42 Å². The molecule has 0 amide bonds. The molecule has 1 heterocycles. The maximum atomic E-state index is 12.8. The number of nitrogens with zero attached hydrogens (tertiary/aromatic N) is 2. The van der Waals surface area contributed by atoms with Crippen molar-refractivity contribution in [3.8, 4) is 5.75 Å². The Labute approximate surface area is 153 Å². The van der Waals surface area contributed by atoms with Gasteiger partial charge in [0.2, 0.25) is 0 Å². The minimum atomic E-state index is -3.69. The molecule has 1 aliphatic rings. The van der Waals surface area contributed by atoms with Crippen LogP contribution in [-0.2, 0) is 10.0 Å². The molecule has 5 nitrogen and oxygen atoms in total. The molecule has 0 aromatic heterocycles. The summed E-state index contributed by atoms with van der Waals surface area (Å²) in [5.41, 5.74) is 1.73. The third-order valence-electron chi connectivity index (χ3n) is 4.47. The summed E-state index contributed by atoms with van der Waals surface area (Å²) in [5.74, 6) is 0.443. The molecule has 7 heteroatoms. The second kappa shape index (κ2) is 7.14. The topological polar surface area (TPSA) is 49.9 Å². The lowest BCUT2D eigenvalue weighted by Gasteiger charge is -2.22. The van der Waals surface area contributed by atoms with Crippen LogP contribution < -0.4 is 13.9 Å². The molecule has 3 rings (SSSR count). The standard InChI is InChI=1S/C18H21ClN2O3S/c1-20(14-5-7-15(8-6-14)21-11-3-4-12-21)25(22,23)16-9-10-18(24-2)17(19)13-16/h5-10,13H,3-4,11-12H2,1-2H3. The van der Waals surface area contributed by atoms with Gasteiger partial charge >= 0.3 is 0 Å². The monoisotopic (exact) mass is 380 g/mol. The number of hydrogen-bond acceptors (Lipinski definition) is 4. The number of ether oxygens (including phenoxy) is 1. The summed E-state index contributed by atoms with van der Waals surface area (Å²) < 4.78 is 32.0. The fourth-order valence-corrected chi connectivity index (χ4v) is 4.50. The van der Waals surface area contributed by atoms with E-state index in [0.29, 0.717) is 11.4 Å². The molecule has 1 saturated heterocycles. The highest BCUT2D eigenvalue weighted by Gasteiger charge is 2.23. The van der Waals surface area contributed by atoms with Gasteiger partial charge in [-0.05, 0) is 55.3 Å². The summed E-state index contributed by atoms with van der Waals surface area (Å²) in [6.07, 6.45) is 2.41. The molecule has 0 bridgehead atoms. The number of hydrogen-bond donors (Lipinski definition) is 0. The minimum absolute atomic E-state index is 0.129. The van der Waals surface area contributed by atoms with E-state index in [-0.39, 0.29) is 9.92 Å². The van der Waals surface area contributed by atoms with Crippen LogP contribution in [0, 0.1) is 0 Å². The van der Waals surface area contributed by atoms with Crippen molar-refractivity contribution in [3.05, 3.63) is 47.5 Å². The predicted octanol–water partition coefficient (Wildman–Crippen LogP) is 3.77. The number of halogens is 1. The van der Waals surface area contributed by atoms with Gasteiger partial charge in [-0.3, -0.25) is 4.31 Å². The van der Waals surface area contributed by atoms with Gasteiger partial charge in [-0.25, -0.2) is 8.42 Å². The maximum absolute atomic E-state index is 12.8. The molecule has 1 aliphatic heterocycles. The summed E-state index contributed by atoms with van der Waals surface area (Å²) in [4.78, 5) is 2.44. The first kappa shape index (κ1) is 17.9. The number of rotatable bonds is 5. The average Bonchev–Trinajstić information content (AvgIpc) is 3.15. The van der Waals surface area contributed by atoms with E-state index in [2.05, 4.69) is 4.90 Å². The van der Waals surface area contributed by atoms with Crippen LogP contribution in [0.5, 0.6) is 5.75 Å². The molecule has 25 heavy (non-hydrogen) atoms. The summed E-state index contributed by atoms with van der Waals surface area (Å²) in [7, 11) is -0.662. The largest absolute Gasteiger partial charge is 0.495 e. The minimum Gasteiger partial charge on any atom is -0.495 e. The van der Waals surface area contributed by atoms with Crippen LogP contribution in [0.15, 0.2) is 47.4 Å². The zero-order chi connectivity index (χ0) is 18.0. The molecular formula is C18H21ClN2O3S. The first-order valence-corrected chi connectivity index (χ1v) is 9.93. The van der Waals surface area contributed by atoms with Crippen molar-refractivity contribution in [2.75, 3.05) is 36.5 Å². The van der Waals surface area contributed by atoms with E-state index in [1.165, 1.54) is 36.4 Å². The molecule has 0 radical (unpaired) electrons. The van der Waals surface area contributed by atoms with Crippen LogP contribution in [0.4, 0.5) is 11.4 Å². The summed E-state index contributed by atoms with van der Waals surface area (Å²) in [6.45, 7) is 2.11. The number of sulfonamides is 1. The third-order valence-corrected chi connectivity index (χ3v) is 6.54. The highest BCUT2D eigenvalue weighted by Crippen LogP contribution is 2.30. The van der Waals surface area contributed by atoms with Crippen LogP contribution in [0.25, 0.3) is 0 Å². The molecule has 0 atom stereocenters. The Morgan fingerprint density at radius 1 is 1.08 bits per heavy atom. The second-order valence-electron chi connectivity index (χ2n) is 5.98. The second-order valence-corrected chi connectivity index (χ2v) is 8.36. The zero-order valence-electron chi connectivity index (χ0n) is 14.3. The van der Waals surface area contributed by atoms with Gasteiger partial charge in [-0.1, -0.05) is 11.6 Å². The Bertz CT molecular complexity index is 847. The lowest BCUT2D eigenvalue weighted by atomic mass is 10.2. The highest BCUT2D eigenvalue weighted by atomic mass is 35.5. The van der Waals surface area contributed by atoms with Gasteiger partial charge in [0.15, 0.2) is 0 Å². The Balaban J connectivity index is 1.85. The predicted molar refractivity (Wildman–Crippen MR) is 101 cm³/mol. The van der Waals surface area contributed by atoms with Crippen LogP contribution in [-0.4, -0.2) is 35.7 Å². The number of methoxy groups -OCH3 is 1. The van der Waals surface area contributed by atoms with E-state index in [1.54, 1.807) is 13.1 Å². The lowest BCUT2D eigenvalue weighted by Crippen LogP contribution is -2.26. The van der Waals surface area contributed by atoms with Gasteiger partial charge in [0.05, 0.1) is 22.7 Å². The van der Waals surface area contributed by atoms with E-state index >= 15 is 0 Å². The molecule has 0 saturated carbocycles. The fraction of sp³-hybridized carbons (Fsp3) is 0.333. The lowest BCUT2D eigenvalue weighted by molar-refractivity contribution is 0.414. The summed E-state index contributed by atoms with van der Waals surface area (Å²) in [6, 6.07) is 12.0. The van der Waals surface area contributed by atoms with E-state index in [1.807, 2.05) is 24.3 Å². The third kappa shape index (κ3) is 3.55. The fourth-order valence-electron chi connectivity index (χ4n) is 2.95. The van der Waals surface area contributed by atoms with Crippen LogP contribution in [0.2, 0.25) is 5.02 Å². The van der Waals surface area contributed by atoms with Crippen LogP contribution in [0.3, 0.4) is 0 Å². The highest BCUT2D eigenvalue weighted by molar-refractivity contribution is 7.92. The normalized spacial score (nSPS) is 14.6. The van der Waals surface area contributed by atoms with Crippen molar-refractivity contribution >= 4 is 33.0 Å². The number of anilines is 2. The van der Waals surface area contributed by atoms with Gasteiger partial charge < -0.3 is 9.64 Å². The van der Waals surface area contributed by atoms with E-state index in [0.717, 1.165) is 18.8 Å². The maximum Gasteiger partial charge on any atom is 0.264 e. The SMILES string of the molecule is COc1ccc(S(=O)(=O)N(C)c2ccc(N3CCCC3)cc2)cc1Cl. The molecule has 2 aromatic carbocycles. The van der Waals surface area contributed by atoms with Crippen LogP contribution in [0.1, 0.15) is 12.8 Å². The molecule has 0 aliphatic carbocycles. The van der Waals surface area contributed by atoms with Gasteiger partial charge in [-0.2, -0.15) is 0 Å². The molecular weight excluding hydrogens is 360 g/mol. The Morgan fingerprint density at radius 2 is 1.72 bits per heavy atom. The molecule has 1 fully saturated rings. The Hall–Kier alpha value is -1.92. The van der Waals surface area contributed by atoms with Crippen molar-refractivity contribution in [1.29, 1.82) is 0 Å².